The zero-order chi connectivity index (χ0) is 12.5. The molecule has 90 valence electrons. The Balaban J connectivity index is 1.95. The van der Waals surface area contributed by atoms with E-state index < -0.39 is 0 Å². The van der Waals surface area contributed by atoms with Crippen molar-refractivity contribution in [3.05, 3.63) is 53.1 Å². The summed E-state index contributed by atoms with van der Waals surface area (Å²) in [5.41, 5.74) is 2.37. The van der Waals surface area contributed by atoms with Gasteiger partial charge in [0.05, 0.1) is 6.20 Å². The maximum atomic E-state index is 12.3. The molecule has 0 N–H and O–H groups in total. The SMILES string of the molecule is O=C(c1cnccn1)N1CCc2cc(Cl)ccc21. The highest BCUT2D eigenvalue weighted by Gasteiger charge is 2.26. The molecule has 1 aliphatic rings. The van der Waals surface area contributed by atoms with Crippen molar-refractivity contribution in [2.75, 3.05) is 11.4 Å². The van der Waals surface area contributed by atoms with E-state index in [2.05, 4.69) is 9.97 Å². The molecule has 0 radical (unpaired) electrons. The van der Waals surface area contributed by atoms with Crippen molar-refractivity contribution in [2.24, 2.45) is 0 Å². The summed E-state index contributed by atoms with van der Waals surface area (Å²) in [5.74, 6) is -0.121. The largest absolute Gasteiger partial charge is 0.306 e. The predicted octanol–water partition coefficient (Wildman–Crippen LogP) is 2.33. The van der Waals surface area contributed by atoms with Gasteiger partial charge in [0.15, 0.2) is 0 Å². The van der Waals surface area contributed by atoms with Crippen LogP contribution in [-0.4, -0.2) is 22.4 Å². The molecular weight excluding hydrogens is 250 g/mol. The average molecular weight is 260 g/mol. The molecule has 0 saturated heterocycles. The number of anilines is 1. The third kappa shape index (κ3) is 1.84. The van der Waals surface area contributed by atoms with Crippen LogP contribution in [0.1, 0.15) is 16.1 Å². The van der Waals surface area contributed by atoms with Crippen LogP contribution in [0.4, 0.5) is 5.69 Å². The minimum absolute atomic E-state index is 0.121. The van der Waals surface area contributed by atoms with Crippen molar-refractivity contribution in [1.82, 2.24) is 9.97 Å². The first-order chi connectivity index (χ1) is 8.75. The monoisotopic (exact) mass is 259 g/mol. The number of hydrogen-bond donors (Lipinski definition) is 0. The van der Waals surface area contributed by atoms with Gasteiger partial charge in [0.2, 0.25) is 0 Å². The molecule has 0 bridgehead atoms. The molecule has 3 rings (SSSR count). The third-order valence-corrected chi connectivity index (χ3v) is 3.20. The highest BCUT2D eigenvalue weighted by molar-refractivity contribution is 6.30. The Morgan fingerprint density at radius 3 is 3.00 bits per heavy atom. The fraction of sp³-hybridized carbons (Fsp3) is 0.154. The maximum Gasteiger partial charge on any atom is 0.278 e. The maximum absolute atomic E-state index is 12.3. The molecule has 2 aromatic rings. The van der Waals surface area contributed by atoms with Gasteiger partial charge in [0.1, 0.15) is 5.69 Å². The Kier molecular flexibility index (Phi) is 2.72. The lowest BCUT2D eigenvalue weighted by molar-refractivity contribution is 0.0984. The zero-order valence-corrected chi connectivity index (χ0v) is 10.3. The molecule has 1 aromatic carbocycles. The van der Waals surface area contributed by atoms with Crippen LogP contribution in [0.5, 0.6) is 0 Å². The van der Waals surface area contributed by atoms with Gasteiger partial charge in [-0.25, -0.2) is 4.98 Å². The summed E-state index contributed by atoms with van der Waals surface area (Å²) < 4.78 is 0. The van der Waals surface area contributed by atoms with Crippen molar-refractivity contribution >= 4 is 23.2 Å². The van der Waals surface area contributed by atoms with E-state index in [1.165, 1.54) is 12.4 Å². The summed E-state index contributed by atoms with van der Waals surface area (Å²) in [4.78, 5) is 22.0. The van der Waals surface area contributed by atoms with Gasteiger partial charge in [-0.05, 0) is 30.2 Å². The number of amides is 1. The van der Waals surface area contributed by atoms with E-state index in [1.807, 2.05) is 12.1 Å². The first kappa shape index (κ1) is 11.2. The molecule has 0 spiro atoms. The number of carbonyl (C=O) groups excluding carboxylic acids is 1. The second kappa shape index (κ2) is 4.38. The van der Waals surface area contributed by atoms with Crippen LogP contribution in [0.3, 0.4) is 0 Å². The van der Waals surface area contributed by atoms with Gasteiger partial charge in [0.25, 0.3) is 5.91 Å². The zero-order valence-electron chi connectivity index (χ0n) is 9.51. The van der Waals surface area contributed by atoms with E-state index in [9.17, 15) is 4.79 Å². The van der Waals surface area contributed by atoms with E-state index in [-0.39, 0.29) is 5.91 Å². The molecule has 1 aromatic heterocycles. The number of halogens is 1. The number of carbonyl (C=O) groups is 1. The molecule has 0 aliphatic carbocycles. The van der Waals surface area contributed by atoms with Gasteiger partial charge < -0.3 is 4.90 Å². The summed E-state index contributed by atoms with van der Waals surface area (Å²) >= 11 is 5.94. The van der Waals surface area contributed by atoms with Crippen LogP contribution in [0.15, 0.2) is 36.8 Å². The number of benzene rings is 1. The molecule has 2 heterocycles. The first-order valence-electron chi connectivity index (χ1n) is 5.62. The summed E-state index contributed by atoms with van der Waals surface area (Å²) in [6.07, 6.45) is 5.37. The smallest absolute Gasteiger partial charge is 0.278 e. The summed E-state index contributed by atoms with van der Waals surface area (Å²) in [6.45, 7) is 0.658. The second-order valence-electron chi connectivity index (χ2n) is 4.07. The number of hydrogen-bond acceptors (Lipinski definition) is 3. The second-order valence-corrected chi connectivity index (χ2v) is 4.51. The van der Waals surface area contributed by atoms with Crippen molar-refractivity contribution < 1.29 is 4.79 Å². The Labute approximate surface area is 109 Å². The lowest BCUT2D eigenvalue weighted by atomic mass is 10.2. The molecule has 1 amide bonds. The fourth-order valence-electron chi connectivity index (χ4n) is 2.13. The van der Waals surface area contributed by atoms with Gasteiger partial charge in [-0.15, -0.1) is 0 Å². The molecule has 4 nitrogen and oxygen atoms in total. The Morgan fingerprint density at radius 2 is 2.22 bits per heavy atom. The summed E-state index contributed by atoms with van der Waals surface area (Å²) in [7, 11) is 0. The number of aromatic nitrogens is 2. The van der Waals surface area contributed by atoms with Crippen molar-refractivity contribution in [2.45, 2.75) is 6.42 Å². The van der Waals surface area contributed by atoms with Crippen LogP contribution < -0.4 is 4.90 Å². The van der Waals surface area contributed by atoms with Crippen LogP contribution in [-0.2, 0) is 6.42 Å². The van der Waals surface area contributed by atoms with E-state index in [0.29, 0.717) is 17.3 Å². The molecule has 0 fully saturated rings. The average Bonchev–Trinajstić information content (AvgIpc) is 2.81. The van der Waals surface area contributed by atoms with E-state index >= 15 is 0 Å². The fourth-order valence-corrected chi connectivity index (χ4v) is 2.32. The Morgan fingerprint density at radius 1 is 1.33 bits per heavy atom. The number of rotatable bonds is 1. The van der Waals surface area contributed by atoms with Gasteiger partial charge in [-0.1, -0.05) is 11.6 Å². The van der Waals surface area contributed by atoms with Crippen molar-refractivity contribution in [1.29, 1.82) is 0 Å². The van der Waals surface area contributed by atoms with Crippen molar-refractivity contribution in [3.8, 4) is 0 Å². The minimum atomic E-state index is -0.121. The number of nitrogens with zero attached hydrogens (tertiary/aromatic N) is 3. The van der Waals surface area contributed by atoms with Gasteiger partial charge in [-0.2, -0.15) is 0 Å². The van der Waals surface area contributed by atoms with Crippen LogP contribution in [0, 0.1) is 0 Å². The Bertz CT molecular complexity index is 600. The highest BCUT2D eigenvalue weighted by atomic mass is 35.5. The summed E-state index contributed by atoms with van der Waals surface area (Å²) in [5, 5.41) is 0.697. The molecule has 0 saturated carbocycles. The topological polar surface area (TPSA) is 46.1 Å². The van der Waals surface area contributed by atoms with Gasteiger partial charge in [-0.3, -0.25) is 9.78 Å². The molecule has 0 atom stereocenters. The normalized spacial score (nSPS) is 13.5. The Hall–Kier alpha value is -1.94. The van der Waals surface area contributed by atoms with Gasteiger partial charge in [0, 0.05) is 29.6 Å². The highest BCUT2D eigenvalue weighted by Crippen LogP contribution is 2.31. The van der Waals surface area contributed by atoms with Crippen LogP contribution >= 0.6 is 11.6 Å². The van der Waals surface area contributed by atoms with E-state index in [4.69, 9.17) is 11.6 Å². The van der Waals surface area contributed by atoms with Crippen molar-refractivity contribution in [3.63, 3.8) is 0 Å². The standard InChI is InChI=1S/C13H10ClN3O/c14-10-1-2-12-9(7-10)3-6-17(12)13(18)11-8-15-4-5-16-11/h1-2,4-5,7-8H,3,6H2. The molecule has 1 aliphatic heterocycles. The van der Waals surface area contributed by atoms with E-state index in [1.54, 1.807) is 17.2 Å². The van der Waals surface area contributed by atoms with Gasteiger partial charge >= 0.3 is 0 Å². The number of fused-ring (bicyclic) bond motifs is 1. The molecule has 0 unspecified atom stereocenters. The first-order valence-corrected chi connectivity index (χ1v) is 6.00. The predicted molar refractivity (Wildman–Crippen MR) is 68.9 cm³/mol. The molecular formula is C13H10ClN3O. The lowest BCUT2D eigenvalue weighted by Crippen LogP contribution is -2.29. The molecule has 18 heavy (non-hydrogen) atoms. The summed E-state index contributed by atoms with van der Waals surface area (Å²) in [6, 6.07) is 5.57. The molecule has 5 heteroatoms. The lowest BCUT2D eigenvalue weighted by Gasteiger charge is -2.16. The van der Waals surface area contributed by atoms with Crippen LogP contribution in [0.2, 0.25) is 5.02 Å². The third-order valence-electron chi connectivity index (χ3n) is 2.96. The minimum Gasteiger partial charge on any atom is -0.306 e. The quantitative estimate of drug-likeness (QED) is 0.790. The van der Waals surface area contributed by atoms with Crippen LogP contribution in [0.25, 0.3) is 0 Å². The van der Waals surface area contributed by atoms with E-state index in [0.717, 1.165) is 17.7 Å².